The van der Waals surface area contributed by atoms with Crippen molar-refractivity contribution in [3.63, 3.8) is 0 Å². The molecule has 3 rings (SSSR count). The first-order chi connectivity index (χ1) is 9.66. The Kier molecular flexibility index (Phi) is 3.14. The van der Waals surface area contributed by atoms with E-state index >= 15 is 0 Å². The van der Waals surface area contributed by atoms with Crippen LogP contribution in [0.3, 0.4) is 0 Å². The van der Waals surface area contributed by atoms with Crippen LogP contribution in [0.4, 0.5) is 5.69 Å². The maximum Gasteiger partial charge on any atom is 0.196 e. The number of hydrogen-bond acceptors (Lipinski definition) is 4. The smallest absolute Gasteiger partial charge is 0.196 e. The molecule has 0 saturated heterocycles. The zero-order valence-corrected chi connectivity index (χ0v) is 11.7. The van der Waals surface area contributed by atoms with Crippen LogP contribution in [0.1, 0.15) is 22.9 Å². The zero-order valence-electron chi connectivity index (χ0n) is 11.7. The van der Waals surface area contributed by atoms with Crippen LogP contribution in [-0.4, -0.2) is 17.5 Å². The fourth-order valence-corrected chi connectivity index (χ4v) is 2.55. The molecule has 2 aromatic rings. The third-order valence-corrected chi connectivity index (χ3v) is 3.68. The van der Waals surface area contributed by atoms with Crippen molar-refractivity contribution in [2.45, 2.75) is 19.9 Å². The van der Waals surface area contributed by atoms with Crippen LogP contribution >= 0.6 is 0 Å². The van der Waals surface area contributed by atoms with Crippen molar-refractivity contribution in [2.75, 3.05) is 11.4 Å². The molecule has 4 heteroatoms. The largest absolute Gasteiger partial charge is 0.369 e. The van der Waals surface area contributed by atoms with Gasteiger partial charge >= 0.3 is 0 Å². The van der Waals surface area contributed by atoms with Crippen LogP contribution in [0.5, 0.6) is 0 Å². The van der Waals surface area contributed by atoms with Crippen LogP contribution in [0.2, 0.25) is 0 Å². The summed E-state index contributed by atoms with van der Waals surface area (Å²) < 4.78 is 0. The van der Waals surface area contributed by atoms with E-state index in [1.54, 1.807) is 0 Å². The van der Waals surface area contributed by atoms with Gasteiger partial charge in [0.15, 0.2) is 5.96 Å². The molecule has 1 unspecified atom stereocenters. The van der Waals surface area contributed by atoms with Gasteiger partial charge in [0, 0.05) is 17.6 Å². The van der Waals surface area contributed by atoms with Gasteiger partial charge in [0.05, 0.1) is 12.6 Å². The second-order valence-electron chi connectivity index (χ2n) is 5.10. The maximum atomic E-state index is 6.09. The fraction of sp³-hybridized carbons (Fsp3) is 0.250. The molecule has 1 atom stereocenters. The van der Waals surface area contributed by atoms with E-state index in [0.29, 0.717) is 12.5 Å². The minimum Gasteiger partial charge on any atom is -0.369 e. The summed E-state index contributed by atoms with van der Waals surface area (Å²) in [5, 5.41) is 0. The van der Waals surface area contributed by atoms with Crippen molar-refractivity contribution in [1.29, 1.82) is 0 Å². The Morgan fingerprint density at radius 1 is 1.15 bits per heavy atom. The topological polar surface area (TPSA) is 54.5 Å². The lowest BCUT2D eigenvalue weighted by atomic mass is 10.1. The van der Waals surface area contributed by atoms with Gasteiger partial charge in [-0.15, -0.1) is 0 Å². The molecule has 1 aromatic carbocycles. The monoisotopic (exact) mass is 266 g/mol. The predicted molar refractivity (Wildman–Crippen MR) is 81.9 cm³/mol. The van der Waals surface area contributed by atoms with Gasteiger partial charge in [-0.1, -0.05) is 24.3 Å². The summed E-state index contributed by atoms with van der Waals surface area (Å²) in [5.41, 5.74) is 10.6. The number of pyridine rings is 1. The van der Waals surface area contributed by atoms with Gasteiger partial charge in [-0.25, -0.2) is 0 Å². The summed E-state index contributed by atoms with van der Waals surface area (Å²) in [5.74, 6) is 0.574. The van der Waals surface area contributed by atoms with Crippen molar-refractivity contribution >= 4 is 11.6 Å². The summed E-state index contributed by atoms with van der Waals surface area (Å²) in [4.78, 5) is 10.9. The van der Waals surface area contributed by atoms with Gasteiger partial charge in [-0.2, -0.15) is 0 Å². The predicted octanol–water partition coefficient (Wildman–Crippen LogP) is 2.57. The van der Waals surface area contributed by atoms with Crippen molar-refractivity contribution in [2.24, 2.45) is 10.7 Å². The molecule has 102 valence electrons. The molecule has 2 heterocycles. The van der Waals surface area contributed by atoms with E-state index in [9.17, 15) is 0 Å². The minimum atomic E-state index is 0.129. The summed E-state index contributed by atoms with van der Waals surface area (Å²) in [7, 11) is 0. The molecule has 1 aromatic heterocycles. The molecular weight excluding hydrogens is 248 g/mol. The number of nitrogens with zero attached hydrogens (tertiary/aromatic N) is 3. The number of aromatic nitrogens is 1. The Labute approximate surface area is 119 Å². The van der Waals surface area contributed by atoms with Gasteiger partial charge in [0.2, 0.25) is 0 Å². The molecule has 1 aliphatic heterocycles. The Balaban J connectivity index is 2.01. The molecule has 4 nitrogen and oxygen atoms in total. The molecule has 0 spiro atoms. The summed E-state index contributed by atoms with van der Waals surface area (Å²) in [6, 6.07) is 12.5. The number of para-hydroxylation sites is 1. The number of hydrogen-bond donors (Lipinski definition) is 1. The lowest BCUT2D eigenvalue weighted by Crippen LogP contribution is -2.36. The molecule has 0 amide bonds. The van der Waals surface area contributed by atoms with E-state index in [1.165, 1.54) is 5.56 Å². The molecule has 2 N–H and O–H groups in total. The van der Waals surface area contributed by atoms with Crippen molar-refractivity contribution in [1.82, 2.24) is 4.98 Å². The molecule has 0 saturated carbocycles. The van der Waals surface area contributed by atoms with E-state index < -0.39 is 0 Å². The molecule has 0 aliphatic carbocycles. The van der Waals surface area contributed by atoms with Gasteiger partial charge in [-0.3, -0.25) is 9.98 Å². The van der Waals surface area contributed by atoms with Crippen LogP contribution < -0.4 is 10.6 Å². The number of rotatable bonds is 2. The van der Waals surface area contributed by atoms with E-state index in [2.05, 4.69) is 40.0 Å². The highest BCUT2D eigenvalue weighted by molar-refractivity contribution is 5.98. The van der Waals surface area contributed by atoms with E-state index in [-0.39, 0.29) is 6.04 Å². The Hall–Kier alpha value is -2.36. The zero-order chi connectivity index (χ0) is 14.1. The number of benzene rings is 1. The number of nitrogens with two attached hydrogens (primary N) is 1. The minimum absolute atomic E-state index is 0.129. The second kappa shape index (κ2) is 4.96. The molecule has 1 aliphatic rings. The normalized spacial score (nSPS) is 18.2. The van der Waals surface area contributed by atoms with Crippen molar-refractivity contribution in [3.05, 3.63) is 59.4 Å². The van der Waals surface area contributed by atoms with Gasteiger partial charge in [-0.05, 0) is 37.1 Å². The first kappa shape index (κ1) is 12.7. The summed E-state index contributed by atoms with van der Waals surface area (Å²) >= 11 is 0. The molecular formula is C16H18N4. The van der Waals surface area contributed by atoms with Crippen molar-refractivity contribution < 1.29 is 0 Å². The van der Waals surface area contributed by atoms with E-state index in [4.69, 9.17) is 5.73 Å². The number of guanidine groups is 1. The van der Waals surface area contributed by atoms with Crippen LogP contribution in [-0.2, 0) is 0 Å². The quantitative estimate of drug-likeness (QED) is 0.909. The van der Waals surface area contributed by atoms with Crippen LogP contribution in [0.25, 0.3) is 0 Å². The van der Waals surface area contributed by atoms with Crippen molar-refractivity contribution in [3.8, 4) is 0 Å². The lowest BCUT2D eigenvalue weighted by Gasteiger charge is -2.27. The lowest BCUT2D eigenvalue weighted by molar-refractivity contribution is 0.761. The van der Waals surface area contributed by atoms with E-state index in [1.807, 2.05) is 31.3 Å². The summed E-state index contributed by atoms with van der Waals surface area (Å²) in [6.07, 6.45) is 1.92. The number of aliphatic imine (C=N–C) groups is 1. The van der Waals surface area contributed by atoms with Crippen LogP contribution in [0, 0.1) is 13.8 Å². The Bertz CT molecular complexity index is 646. The first-order valence-corrected chi connectivity index (χ1v) is 6.74. The standard InChI is InChI=1S/C16H18N4/c1-11-5-3-4-6-14(11)20-15(10-19-16(20)17)13-8-7-12(2)18-9-13/h3-9,15H,10H2,1-2H3,(H2,17,19). The van der Waals surface area contributed by atoms with Gasteiger partial charge in [0.1, 0.15) is 0 Å². The average molecular weight is 266 g/mol. The molecule has 20 heavy (non-hydrogen) atoms. The number of aryl methyl sites for hydroxylation is 2. The number of anilines is 1. The van der Waals surface area contributed by atoms with Gasteiger partial charge < -0.3 is 10.6 Å². The molecule has 0 bridgehead atoms. The Morgan fingerprint density at radius 2 is 1.95 bits per heavy atom. The highest BCUT2D eigenvalue weighted by Crippen LogP contribution is 2.32. The third-order valence-electron chi connectivity index (χ3n) is 3.68. The Morgan fingerprint density at radius 3 is 2.65 bits per heavy atom. The second-order valence-corrected chi connectivity index (χ2v) is 5.10. The third kappa shape index (κ3) is 2.13. The van der Waals surface area contributed by atoms with Crippen LogP contribution in [0.15, 0.2) is 47.6 Å². The SMILES string of the molecule is Cc1ccc(C2CN=C(N)N2c2ccccc2C)cn1. The average Bonchev–Trinajstić information content (AvgIpc) is 2.82. The first-order valence-electron chi connectivity index (χ1n) is 6.74. The fourth-order valence-electron chi connectivity index (χ4n) is 2.55. The molecule has 0 fully saturated rings. The maximum absolute atomic E-state index is 6.09. The van der Waals surface area contributed by atoms with E-state index in [0.717, 1.165) is 16.9 Å². The highest BCUT2D eigenvalue weighted by Gasteiger charge is 2.29. The highest BCUT2D eigenvalue weighted by atomic mass is 15.3. The molecule has 0 radical (unpaired) electrons. The summed E-state index contributed by atoms with van der Waals surface area (Å²) in [6.45, 7) is 4.75. The van der Waals surface area contributed by atoms with Gasteiger partial charge in [0.25, 0.3) is 0 Å².